The van der Waals surface area contributed by atoms with E-state index in [1.54, 1.807) is 7.05 Å². The average molecular weight is 204 g/mol. The molecule has 0 N–H and O–H groups in total. The van der Waals surface area contributed by atoms with Crippen molar-refractivity contribution in [3.63, 3.8) is 0 Å². The first kappa shape index (κ1) is 7.47. The van der Waals surface area contributed by atoms with E-state index < -0.39 is 0 Å². The summed E-state index contributed by atoms with van der Waals surface area (Å²) in [6.07, 6.45) is 1.46. The molecule has 1 rings (SSSR count). The van der Waals surface area contributed by atoms with Crippen LogP contribution in [0.15, 0.2) is 10.7 Å². The minimum atomic E-state index is -0.159. The predicted octanol–water partition coefficient (Wildman–Crippen LogP) is 0.654. The van der Waals surface area contributed by atoms with Crippen molar-refractivity contribution in [1.29, 1.82) is 0 Å². The van der Waals surface area contributed by atoms with Gasteiger partial charge in [0, 0.05) is 13.2 Å². The smallest absolute Gasteiger partial charge is 0.234 e. The van der Waals surface area contributed by atoms with Crippen LogP contribution >= 0.6 is 15.9 Å². The summed E-state index contributed by atoms with van der Waals surface area (Å²) in [4.78, 5) is 23.0. The Morgan fingerprint density at radius 1 is 1.60 bits per heavy atom. The van der Waals surface area contributed by atoms with Crippen molar-refractivity contribution >= 4 is 27.6 Å². The molecule has 0 aromatic carbocycles. The summed E-state index contributed by atoms with van der Waals surface area (Å²) < 4.78 is 0.467. The first-order valence-electron chi connectivity index (χ1n) is 2.77. The number of carbonyl (C=O) groups is 2. The van der Waals surface area contributed by atoms with Crippen LogP contribution in [0.5, 0.6) is 0 Å². The standard InChI is InChI=1S/C6H6BrNO2/c1-8-3-4(7)5(9)2-6(8)10/h3H,2H2,1H3. The van der Waals surface area contributed by atoms with Crippen LogP contribution < -0.4 is 0 Å². The van der Waals surface area contributed by atoms with Crippen molar-refractivity contribution in [2.24, 2.45) is 0 Å². The summed E-state index contributed by atoms with van der Waals surface area (Å²) in [5.74, 6) is -0.309. The average Bonchev–Trinajstić information content (AvgIpc) is 1.84. The summed E-state index contributed by atoms with van der Waals surface area (Å²) in [7, 11) is 1.62. The van der Waals surface area contributed by atoms with E-state index in [-0.39, 0.29) is 18.1 Å². The van der Waals surface area contributed by atoms with Crippen molar-refractivity contribution in [3.8, 4) is 0 Å². The zero-order valence-corrected chi connectivity index (χ0v) is 7.01. The van der Waals surface area contributed by atoms with Gasteiger partial charge in [0.15, 0.2) is 5.78 Å². The molecule has 0 saturated heterocycles. The maximum atomic E-state index is 10.8. The van der Waals surface area contributed by atoms with Crippen LogP contribution in [0.3, 0.4) is 0 Å². The molecule has 0 atom stereocenters. The van der Waals surface area contributed by atoms with Crippen LogP contribution in [-0.4, -0.2) is 23.6 Å². The van der Waals surface area contributed by atoms with Crippen molar-refractivity contribution in [2.75, 3.05) is 7.05 Å². The lowest BCUT2D eigenvalue weighted by Crippen LogP contribution is -2.28. The van der Waals surface area contributed by atoms with E-state index in [0.29, 0.717) is 4.48 Å². The van der Waals surface area contributed by atoms with E-state index in [2.05, 4.69) is 15.9 Å². The normalized spacial score (nSPS) is 19.4. The van der Waals surface area contributed by atoms with Gasteiger partial charge in [-0.3, -0.25) is 9.59 Å². The van der Waals surface area contributed by atoms with Gasteiger partial charge in [-0.05, 0) is 15.9 Å². The Hall–Kier alpha value is -0.640. The number of rotatable bonds is 0. The highest BCUT2D eigenvalue weighted by Crippen LogP contribution is 2.15. The number of Topliss-reactive ketones (excluding diaryl/α,β-unsaturated/α-hetero) is 1. The van der Waals surface area contributed by atoms with E-state index in [9.17, 15) is 9.59 Å². The molecule has 54 valence electrons. The first-order chi connectivity index (χ1) is 4.61. The Morgan fingerprint density at radius 3 is 2.70 bits per heavy atom. The second-order valence-corrected chi connectivity index (χ2v) is 2.94. The molecule has 0 fully saturated rings. The van der Waals surface area contributed by atoms with Gasteiger partial charge >= 0.3 is 0 Å². The second kappa shape index (κ2) is 2.54. The van der Waals surface area contributed by atoms with Crippen molar-refractivity contribution in [2.45, 2.75) is 6.42 Å². The lowest BCUT2D eigenvalue weighted by Gasteiger charge is -2.16. The minimum absolute atomic E-state index is 0.0203. The molecule has 0 unspecified atom stereocenters. The van der Waals surface area contributed by atoms with Crippen LogP contribution in [0.1, 0.15) is 6.42 Å². The van der Waals surface area contributed by atoms with Crippen molar-refractivity contribution < 1.29 is 9.59 Å². The third-order valence-corrected chi connectivity index (χ3v) is 1.93. The molecule has 3 nitrogen and oxygen atoms in total. The van der Waals surface area contributed by atoms with Crippen LogP contribution in [0.4, 0.5) is 0 Å². The Labute approximate surface area is 66.8 Å². The van der Waals surface area contributed by atoms with Gasteiger partial charge in [-0.2, -0.15) is 0 Å². The third-order valence-electron chi connectivity index (χ3n) is 1.28. The van der Waals surface area contributed by atoms with E-state index in [0.717, 1.165) is 0 Å². The van der Waals surface area contributed by atoms with Gasteiger partial charge in [0.1, 0.15) is 0 Å². The predicted molar refractivity (Wildman–Crippen MR) is 39.4 cm³/mol. The zero-order chi connectivity index (χ0) is 7.72. The fourth-order valence-corrected chi connectivity index (χ4v) is 1.11. The number of amides is 1. The van der Waals surface area contributed by atoms with Gasteiger partial charge < -0.3 is 4.90 Å². The van der Waals surface area contributed by atoms with Gasteiger partial charge in [0.2, 0.25) is 5.91 Å². The van der Waals surface area contributed by atoms with Crippen LogP contribution in [0.2, 0.25) is 0 Å². The molecule has 0 aliphatic carbocycles. The maximum Gasteiger partial charge on any atom is 0.234 e. The molecule has 1 amide bonds. The molecule has 0 saturated carbocycles. The number of hydrogen-bond acceptors (Lipinski definition) is 2. The topological polar surface area (TPSA) is 37.4 Å². The fourth-order valence-electron chi connectivity index (χ4n) is 0.660. The van der Waals surface area contributed by atoms with Gasteiger partial charge in [-0.25, -0.2) is 0 Å². The third kappa shape index (κ3) is 1.26. The van der Waals surface area contributed by atoms with Gasteiger partial charge in [-0.1, -0.05) is 0 Å². The maximum absolute atomic E-state index is 10.8. The molecule has 4 heteroatoms. The molecule has 1 aliphatic rings. The van der Waals surface area contributed by atoms with E-state index in [4.69, 9.17) is 0 Å². The largest absolute Gasteiger partial charge is 0.320 e. The Balaban J connectivity index is 2.89. The highest BCUT2D eigenvalue weighted by molar-refractivity contribution is 9.12. The summed E-state index contributed by atoms with van der Waals surface area (Å²) in [6.45, 7) is 0. The van der Waals surface area contributed by atoms with E-state index in [1.807, 2.05) is 0 Å². The number of allylic oxidation sites excluding steroid dienone is 1. The molecular weight excluding hydrogens is 198 g/mol. The van der Waals surface area contributed by atoms with E-state index in [1.165, 1.54) is 11.1 Å². The molecular formula is C6H6BrNO2. The van der Waals surface area contributed by atoms with E-state index >= 15 is 0 Å². The van der Waals surface area contributed by atoms with Gasteiger partial charge in [-0.15, -0.1) is 0 Å². The molecule has 0 spiro atoms. The van der Waals surface area contributed by atoms with Crippen molar-refractivity contribution in [1.82, 2.24) is 4.90 Å². The quantitative estimate of drug-likeness (QED) is 0.543. The first-order valence-corrected chi connectivity index (χ1v) is 3.57. The molecule has 0 radical (unpaired) electrons. The molecule has 0 aromatic rings. The highest BCUT2D eigenvalue weighted by Gasteiger charge is 2.20. The number of ketones is 1. The number of carbonyl (C=O) groups excluding carboxylic acids is 2. The molecule has 1 heterocycles. The number of halogens is 1. The monoisotopic (exact) mass is 203 g/mol. The Bertz CT molecular complexity index is 222. The molecule has 1 aliphatic heterocycles. The zero-order valence-electron chi connectivity index (χ0n) is 5.43. The second-order valence-electron chi connectivity index (χ2n) is 2.08. The van der Waals surface area contributed by atoms with Crippen LogP contribution in [0, 0.1) is 0 Å². The number of nitrogens with zero attached hydrogens (tertiary/aromatic N) is 1. The summed E-state index contributed by atoms with van der Waals surface area (Å²) in [5.41, 5.74) is 0. The lowest BCUT2D eigenvalue weighted by atomic mass is 10.2. The highest BCUT2D eigenvalue weighted by atomic mass is 79.9. The van der Waals surface area contributed by atoms with Gasteiger partial charge in [0.25, 0.3) is 0 Å². The summed E-state index contributed by atoms with van der Waals surface area (Å²) >= 11 is 3.04. The Kier molecular flexibility index (Phi) is 1.89. The number of hydrogen-bond donors (Lipinski definition) is 0. The lowest BCUT2D eigenvalue weighted by molar-refractivity contribution is -0.132. The molecule has 0 aromatic heterocycles. The Morgan fingerprint density at radius 2 is 2.20 bits per heavy atom. The molecule has 10 heavy (non-hydrogen) atoms. The van der Waals surface area contributed by atoms with Gasteiger partial charge in [0.05, 0.1) is 10.9 Å². The summed E-state index contributed by atoms with van der Waals surface area (Å²) in [6, 6.07) is 0. The van der Waals surface area contributed by atoms with Crippen LogP contribution in [-0.2, 0) is 9.59 Å². The van der Waals surface area contributed by atoms with Crippen molar-refractivity contribution in [3.05, 3.63) is 10.7 Å². The molecule has 0 bridgehead atoms. The summed E-state index contributed by atoms with van der Waals surface area (Å²) in [5, 5.41) is 0. The fraction of sp³-hybridized carbons (Fsp3) is 0.333. The minimum Gasteiger partial charge on any atom is -0.320 e. The van der Waals surface area contributed by atoms with Crippen LogP contribution in [0.25, 0.3) is 0 Å². The SMILES string of the molecule is CN1C=C(Br)C(=O)CC1=O.